The fraction of sp³-hybridized carbons (Fsp3) is 0.294. The highest BCUT2D eigenvalue weighted by Gasteiger charge is 2.33. The van der Waals surface area contributed by atoms with Crippen molar-refractivity contribution in [1.29, 1.82) is 0 Å². The average molecular weight is 291 g/mol. The van der Waals surface area contributed by atoms with Crippen molar-refractivity contribution in [2.75, 3.05) is 0 Å². The zero-order valence-electron chi connectivity index (χ0n) is 11.5. The molecule has 0 bridgehead atoms. The molecule has 2 aromatic rings. The van der Waals surface area contributed by atoms with Crippen molar-refractivity contribution in [3.63, 3.8) is 0 Å². The van der Waals surface area contributed by atoms with Gasteiger partial charge in [0, 0.05) is 12.6 Å². The van der Waals surface area contributed by atoms with Crippen LogP contribution in [0.15, 0.2) is 48.5 Å². The van der Waals surface area contributed by atoms with Gasteiger partial charge in [0.1, 0.15) is 0 Å². The van der Waals surface area contributed by atoms with Crippen molar-refractivity contribution in [3.8, 4) is 11.1 Å². The predicted octanol–water partition coefficient (Wildman–Crippen LogP) is 4.62. The molecule has 0 heterocycles. The van der Waals surface area contributed by atoms with Crippen molar-refractivity contribution in [2.24, 2.45) is 0 Å². The van der Waals surface area contributed by atoms with Gasteiger partial charge in [-0.1, -0.05) is 36.4 Å². The largest absolute Gasteiger partial charge is 0.417 e. The Morgan fingerprint density at radius 2 is 1.76 bits per heavy atom. The minimum atomic E-state index is -4.33. The second-order valence-corrected chi connectivity index (χ2v) is 5.40. The van der Waals surface area contributed by atoms with Crippen LogP contribution in [0.1, 0.15) is 24.0 Å². The number of halogens is 3. The molecule has 1 nitrogen and oxygen atoms in total. The van der Waals surface area contributed by atoms with Crippen LogP contribution in [-0.2, 0) is 12.7 Å². The molecule has 0 unspecified atom stereocenters. The molecule has 1 aliphatic carbocycles. The van der Waals surface area contributed by atoms with E-state index in [-0.39, 0.29) is 5.56 Å². The lowest BCUT2D eigenvalue weighted by atomic mass is 9.98. The summed E-state index contributed by atoms with van der Waals surface area (Å²) < 4.78 is 39.3. The molecule has 0 radical (unpaired) electrons. The number of hydrogen-bond acceptors (Lipinski definition) is 1. The molecule has 110 valence electrons. The zero-order valence-corrected chi connectivity index (χ0v) is 11.5. The Morgan fingerprint density at radius 1 is 1.00 bits per heavy atom. The second kappa shape index (κ2) is 5.53. The Bertz CT molecular complexity index is 630. The zero-order chi connectivity index (χ0) is 14.9. The van der Waals surface area contributed by atoms with Crippen LogP contribution in [0, 0.1) is 0 Å². The van der Waals surface area contributed by atoms with Gasteiger partial charge in [-0.2, -0.15) is 13.2 Å². The van der Waals surface area contributed by atoms with E-state index in [1.807, 2.05) is 18.2 Å². The molecule has 0 aromatic heterocycles. The summed E-state index contributed by atoms with van der Waals surface area (Å²) in [6.45, 7) is 0.701. The molecule has 1 aliphatic rings. The Labute approximate surface area is 121 Å². The molecule has 0 saturated heterocycles. The van der Waals surface area contributed by atoms with Crippen molar-refractivity contribution in [3.05, 3.63) is 59.7 Å². The molecule has 0 atom stereocenters. The Kier molecular flexibility index (Phi) is 3.72. The van der Waals surface area contributed by atoms with Crippen molar-refractivity contribution in [1.82, 2.24) is 5.32 Å². The highest BCUT2D eigenvalue weighted by atomic mass is 19.4. The standard InChI is InChI=1S/C17H16F3N/c18-17(19,20)16-7-2-1-6-15(16)13-5-3-4-12(10-13)11-21-14-8-9-14/h1-7,10,14,21H,8-9,11H2. The van der Waals surface area contributed by atoms with E-state index >= 15 is 0 Å². The highest BCUT2D eigenvalue weighted by Crippen LogP contribution is 2.37. The molecule has 21 heavy (non-hydrogen) atoms. The Hall–Kier alpha value is -1.81. The van der Waals surface area contributed by atoms with Crippen molar-refractivity contribution >= 4 is 0 Å². The predicted molar refractivity (Wildman–Crippen MR) is 76.7 cm³/mol. The van der Waals surface area contributed by atoms with Gasteiger partial charge in [0.2, 0.25) is 0 Å². The van der Waals surface area contributed by atoms with Gasteiger partial charge >= 0.3 is 6.18 Å². The maximum absolute atomic E-state index is 13.1. The van der Waals surface area contributed by atoms with Gasteiger partial charge < -0.3 is 5.32 Å². The normalized spacial score (nSPS) is 15.2. The summed E-state index contributed by atoms with van der Waals surface area (Å²) in [5, 5.41) is 3.37. The third-order valence-corrected chi connectivity index (χ3v) is 3.64. The molecular weight excluding hydrogens is 275 g/mol. The van der Waals surface area contributed by atoms with Gasteiger partial charge in [0.25, 0.3) is 0 Å². The molecule has 1 fully saturated rings. The van der Waals surface area contributed by atoms with Gasteiger partial charge in [-0.25, -0.2) is 0 Å². The van der Waals surface area contributed by atoms with Crippen LogP contribution < -0.4 is 5.32 Å². The van der Waals surface area contributed by atoms with Crippen LogP contribution in [0.5, 0.6) is 0 Å². The molecule has 0 aliphatic heterocycles. The third-order valence-electron chi connectivity index (χ3n) is 3.64. The highest BCUT2D eigenvalue weighted by molar-refractivity contribution is 5.68. The molecule has 1 N–H and O–H groups in total. The molecule has 4 heteroatoms. The lowest BCUT2D eigenvalue weighted by Gasteiger charge is -2.13. The lowest BCUT2D eigenvalue weighted by molar-refractivity contribution is -0.137. The summed E-state index contributed by atoms with van der Waals surface area (Å²) >= 11 is 0. The van der Waals surface area contributed by atoms with E-state index in [2.05, 4.69) is 5.32 Å². The number of hydrogen-bond donors (Lipinski definition) is 1. The third kappa shape index (κ3) is 3.45. The van der Waals surface area contributed by atoms with Crippen LogP contribution in [-0.4, -0.2) is 6.04 Å². The fourth-order valence-corrected chi connectivity index (χ4v) is 2.38. The lowest BCUT2D eigenvalue weighted by Crippen LogP contribution is -2.15. The van der Waals surface area contributed by atoms with Crippen LogP contribution in [0.4, 0.5) is 13.2 Å². The van der Waals surface area contributed by atoms with Crippen LogP contribution in [0.25, 0.3) is 11.1 Å². The van der Waals surface area contributed by atoms with Crippen LogP contribution >= 0.6 is 0 Å². The van der Waals surface area contributed by atoms with E-state index in [0.717, 1.165) is 11.6 Å². The summed E-state index contributed by atoms with van der Waals surface area (Å²) in [5.74, 6) is 0. The summed E-state index contributed by atoms with van der Waals surface area (Å²) in [7, 11) is 0. The molecule has 0 spiro atoms. The van der Waals surface area contributed by atoms with E-state index in [1.54, 1.807) is 12.1 Å². The molecule has 3 rings (SSSR count). The summed E-state index contributed by atoms with van der Waals surface area (Å²) in [4.78, 5) is 0. The van der Waals surface area contributed by atoms with E-state index in [9.17, 15) is 13.2 Å². The monoisotopic (exact) mass is 291 g/mol. The number of alkyl halides is 3. The quantitative estimate of drug-likeness (QED) is 0.866. The molecule has 2 aromatic carbocycles. The SMILES string of the molecule is FC(F)(F)c1ccccc1-c1cccc(CNC2CC2)c1. The van der Waals surface area contributed by atoms with Crippen LogP contribution in [0.3, 0.4) is 0 Å². The number of rotatable bonds is 4. The van der Waals surface area contributed by atoms with E-state index in [4.69, 9.17) is 0 Å². The smallest absolute Gasteiger partial charge is 0.310 e. The summed E-state index contributed by atoms with van der Waals surface area (Å²) in [5.41, 5.74) is 1.27. The average Bonchev–Trinajstić information content (AvgIpc) is 3.29. The molecular formula is C17H16F3N. The van der Waals surface area contributed by atoms with E-state index in [0.29, 0.717) is 18.2 Å². The number of benzene rings is 2. The first kappa shape index (κ1) is 14.1. The van der Waals surface area contributed by atoms with E-state index < -0.39 is 11.7 Å². The van der Waals surface area contributed by atoms with Crippen molar-refractivity contribution in [2.45, 2.75) is 31.6 Å². The van der Waals surface area contributed by atoms with Crippen LogP contribution in [0.2, 0.25) is 0 Å². The maximum atomic E-state index is 13.1. The van der Waals surface area contributed by atoms with Gasteiger partial charge in [-0.05, 0) is 41.7 Å². The Balaban J connectivity index is 1.91. The number of nitrogens with one attached hydrogen (secondary N) is 1. The maximum Gasteiger partial charge on any atom is 0.417 e. The fourth-order valence-electron chi connectivity index (χ4n) is 2.38. The topological polar surface area (TPSA) is 12.0 Å². The minimum absolute atomic E-state index is 0.235. The first-order valence-electron chi connectivity index (χ1n) is 7.03. The summed E-state index contributed by atoms with van der Waals surface area (Å²) in [6.07, 6.45) is -1.95. The molecule has 0 amide bonds. The first-order chi connectivity index (χ1) is 10.0. The van der Waals surface area contributed by atoms with Gasteiger partial charge in [-0.3, -0.25) is 0 Å². The Morgan fingerprint density at radius 3 is 2.48 bits per heavy atom. The van der Waals surface area contributed by atoms with Crippen molar-refractivity contribution < 1.29 is 13.2 Å². The van der Waals surface area contributed by atoms with E-state index in [1.165, 1.54) is 25.0 Å². The molecule has 1 saturated carbocycles. The second-order valence-electron chi connectivity index (χ2n) is 5.40. The minimum Gasteiger partial charge on any atom is -0.310 e. The van der Waals surface area contributed by atoms with Gasteiger partial charge in [0.05, 0.1) is 5.56 Å². The van der Waals surface area contributed by atoms with Gasteiger partial charge in [0.15, 0.2) is 0 Å². The van der Waals surface area contributed by atoms with Gasteiger partial charge in [-0.15, -0.1) is 0 Å². The first-order valence-corrected chi connectivity index (χ1v) is 7.03. The summed E-state index contributed by atoms with van der Waals surface area (Å²) in [6, 6.07) is 13.6.